The van der Waals surface area contributed by atoms with E-state index in [-0.39, 0.29) is 11.5 Å². The molecule has 5 heteroatoms. The second-order valence-electron chi connectivity index (χ2n) is 9.22. The molecule has 2 aromatic carbocycles. The molecular formula is C26H31N3O2. The number of rotatable bonds is 7. The highest BCUT2D eigenvalue weighted by molar-refractivity contribution is 5.83. The lowest BCUT2D eigenvalue weighted by molar-refractivity contribution is -0.157. The zero-order valence-corrected chi connectivity index (χ0v) is 18.2. The largest absolute Gasteiger partial charge is 0.370 e. The van der Waals surface area contributed by atoms with Crippen molar-refractivity contribution in [1.82, 2.24) is 14.8 Å². The van der Waals surface area contributed by atoms with Crippen LogP contribution in [0.4, 0.5) is 0 Å². The lowest BCUT2D eigenvalue weighted by atomic mass is 9.88. The Hall–Kier alpha value is -2.63. The molecule has 162 valence electrons. The van der Waals surface area contributed by atoms with Crippen molar-refractivity contribution in [3.63, 3.8) is 0 Å². The Bertz CT molecular complexity index is 1040. The maximum atomic E-state index is 12.7. The summed E-state index contributed by atoms with van der Waals surface area (Å²) in [6.45, 7) is 3.18. The zero-order valence-electron chi connectivity index (χ0n) is 18.2. The van der Waals surface area contributed by atoms with Crippen LogP contribution in [0.2, 0.25) is 0 Å². The van der Waals surface area contributed by atoms with E-state index in [4.69, 9.17) is 4.74 Å². The fourth-order valence-corrected chi connectivity index (χ4v) is 5.08. The Balaban J connectivity index is 1.07. The van der Waals surface area contributed by atoms with Gasteiger partial charge in [0.15, 0.2) is 0 Å². The van der Waals surface area contributed by atoms with Gasteiger partial charge in [-0.3, -0.25) is 9.69 Å². The molecule has 1 spiro atoms. The summed E-state index contributed by atoms with van der Waals surface area (Å²) in [7, 11) is 2.17. The summed E-state index contributed by atoms with van der Waals surface area (Å²) < 4.78 is 6.20. The van der Waals surface area contributed by atoms with Crippen LogP contribution in [0.5, 0.6) is 0 Å². The number of hydrogen-bond acceptors (Lipinski definition) is 3. The van der Waals surface area contributed by atoms with E-state index in [1.807, 2.05) is 11.0 Å². The van der Waals surface area contributed by atoms with E-state index in [9.17, 15) is 4.79 Å². The molecule has 1 unspecified atom stereocenters. The van der Waals surface area contributed by atoms with Gasteiger partial charge in [0.25, 0.3) is 0 Å². The molecule has 0 aliphatic carbocycles. The van der Waals surface area contributed by atoms with Crippen molar-refractivity contribution in [3.05, 3.63) is 71.9 Å². The maximum absolute atomic E-state index is 12.7. The predicted molar refractivity (Wildman–Crippen MR) is 123 cm³/mol. The highest BCUT2D eigenvalue weighted by Crippen LogP contribution is 2.37. The third-order valence-electron chi connectivity index (χ3n) is 6.91. The fourth-order valence-electron chi connectivity index (χ4n) is 5.08. The van der Waals surface area contributed by atoms with E-state index >= 15 is 0 Å². The number of nitrogens with one attached hydrogen (secondary N) is 1. The van der Waals surface area contributed by atoms with Crippen LogP contribution in [0.1, 0.15) is 30.4 Å². The number of benzene rings is 2. The summed E-state index contributed by atoms with van der Waals surface area (Å²) in [6, 6.07) is 19.3. The zero-order chi connectivity index (χ0) is 21.3. The molecule has 1 N–H and O–H groups in total. The van der Waals surface area contributed by atoms with Gasteiger partial charge in [0.2, 0.25) is 5.91 Å². The molecule has 3 aromatic rings. The fraction of sp³-hybridized carbons (Fsp3) is 0.423. The van der Waals surface area contributed by atoms with Crippen molar-refractivity contribution in [2.24, 2.45) is 0 Å². The number of fused-ring (bicyclic) bond motifs is 1. The van der Waals surface area contributed by atoms with Crippen molar-refractivity contribution in [3.8, 4) is 0 Å². The second kappa shape index (κ2) is 8.48. The molecule has 2 fully saturated rings. The number of H-pyrrole nitrogens is 1. The molecule has 1 aromatic heterocycles. The topological polar surface area (TPSA) is 48.6 Å². The van der Waals surface area contributed by atoms with Crippen molar-refractivity contribution < 1.29 is 9.53 Å². The number of aryl methyl sites for hydroxylation is 1. The number of likely N-dealkylation sites (tertiary alicyclic amines) is 1. The van der Waals surface area contributed by atoms with Gasteiger partial charge in [-0.15, -0.1) is 0 Å². The first-order valence-corrected chi connectivity index (χ1v) is 11.3. The molecule has 2 aliphatic heterocycles. The Morgan fingerprint density at radius 1 is 1.16 bits per heavy atom. The van der Waals surface area contributed by atoms with Crippen LogP contribution in [0.25, 0.3) is 10.9 Å². The number of likely N-dealkylation sites (N-methyl/N-ethyl adjacent to an activating group) is 1. The predicted octanol–water partition coefficient (Wildman–Crippen LogP) is 3.99. The number of nitrogens with zero attached hydrogens (tertiary/aromatic N) is 2. The number of hydrogen-bond donors (Lipinski definition) is 1. The summed E-state index contributed by atoms with van der Waals surface area (Å²) in [4.78, 5) is 20.3. The van der Waals surface area contributed by atoms with Gasteiger partial charge in [-0.25, -0.2) is 0 Å². The third-order valence-corrected chi connectivity index (χ3v) is 6.91. The minimum atomic E-state index is -0.123. The highest BCUT2D eigenvalue weighted by Gasteiger charge is 2.51. The molecule has 0 bridgehead atoms. The van der Waals surface area contributed by atoms with E-state index in [2.05, 4.69) is 71.7 Å². The second-order valence-corrected chi connectivity index (χ2v) is 9.22. The summed E-state index contributed by atoms with van der Waals surface area (Å²) in [5, 5.41) is 1.27. The van der Waals surface area contributed by atoms with Crippen LogP contribution >= 0.6 is 0 Å². The smallest absolute Gasteiger partial charge is 0.222 e. The van der Waals surface area contributed by atoms with E-state index in [0.29, 0.717) is 12.5 Å². The Morgan fingerprint density at radius 3 is 2.77 bits per heavy atom. The number of aromatic amines is 1. The molecular weight excluding hydrogens is 386 g/mol. The van der Waals surface area contributed by atoms with Crippen molar-refractivity contribution in [2.75, 3.05) is 26.7 Å². The van der Waals surface area contributed by atoms with Crippen LogP contribution in [-0.2, 0) is 22.5 Å². The van der Waals surface area contributed by atoms with Crippen LogP contribution in [0.3, 0.4) is 0 Å². The first kappa shape index (κ1) is 20.3. The van der Waals surface area contributed by atoms with Gasteiger partial charge in [-0.05, 0) is 43.5 Å². The summed E-state index contributed by atoms with van der Waals surface area (Å²) in [5.74, 6) is 0.259. The quantitative estimate of drug-likeness (QED) is 0.632. The summed E-state index contributed by atoms with van der Waals surface area (Å²) in [6.07, 6.45) is 5.50. The van der Waals surface area contributed by atoms with Crippen molar-refractivity contribution in [2.45, 2.75) is 43.9 Å². The van der Waals surface area contributed by atoms with E-state index in [0.717, 1.165) is 45.5 Å². The summed E-state index contributed by atoms with van der Waals surface area (Å²) in [5.41, 5.74) is 3.67. The highest BCUT2D eigenvalue weighted by atomic mass is 16.5. The molecule has 31 heavy (non-hydrogen) atoms. The number of ether oxygens (including phenoxy) is 1. The van der Waals surface area contributed by atoms with E-state index < -0.39 is 0 Å². The Morgan fingerprint density at radius 2 is 1.94 bits per heavy atom. The van der Waals surface area contributed by atoms with Gasteiger partial charge in [0.05, 0.1) is 19.7 Å². The monoisotopic (exact) mass is 417 g/mol. The normalized spacial score (nSPS) is 19.9. The van der Waals surface area contributed by atoms with Gasteiger partial charge in [0.1, 0.15) is 5.60 Å². The molecule has 5 rings (SSSR count). The average molecular weight is 418 g/mol. The average Bonchev–Trinajstić information content (AvgIpc) is 3.39. The van der Waals surface area contributed by atoms with Crippen LogP contribution in [0, 0.1) is 0 Å². The lowest BCUT2D eigenvalue weighted by Crippen LogP contribution is -2.63. The molecule has 5 nitrogen and oxygen atoms in total. The van der Waals surface area contributed by atoms with E-state index in [1.165, 1.54) is 22.0 Å². The van der Waals surface area contributed by atoms with Gasteiger partial charge < -0.3 is 14.6 Å². The number of amides is 1. The number of para-hydroxylation sites is 1. The van der Waals surface area contributed by atoms with Gasteiger partial charge in [-0.2, -0.15) is 0 Å². The standard InChI is InChI=1S/C26H31N3O2/c1-28(16-20-8-3-2-4-9-20)22-14-26(31-17-22)18-29(19-26)25(30)13-7-10-21-15-27-24-12-6-5-11-23(21)24/h2-6,8-9,11-12,15,22,27H,7,10,13-14,16-19H2,1H3. The first-order valence-electron chi connectivity index (χ1n) is 11.3. The number of carbonyl (C=O) groups excluding carboxylic acids is 1. The SMILES string of the molecule is CN(Cc1ccccc1)C1COC2(C1)CN(C(=O)CCCc1c[nH]c3ccccc13)C2. The molecule has 2 aliphatic rings. The molecule has 1 atom stereocenters. The minimum absolute atomic E-state index is 0.123. The van der Waals surface area contributed by atoms with Crippen molar-refractivity contribution >= 4 is 16.8 Å². The Labute approximate surface area is 184 Å². The maximum Gasteiger partial charge on any atom is 0.222 e. The van der Waals surface area contributed by atoms with Crippen molar-refractivity contribution in [1.29, 1.82) is 0 Å². The molecule has 0 saturated carbocycles. The van der Waals surface area contributed by atoms with E-state index in [1.54, 1.807) is 0 Å². The van der Waals surface area contributed by atoms with Gasteiger partial charge in [-0.1, -0.05) is 48.5 Å². The molecule has 1 amide bonds. The van der Waals surface area contributed by atoms with Gasteiger partial charge >= 0.3 is 0 Å². The first-order chi connectivity index (χ1) is 15.1. The Kier molecular flexibility index (Phi) is 5.55. The van der Waals surface area contributed by atoms with Crippen LogP contribution in [0.15, 0.2) is 60.8 Å². The molecule has 0 radical (unpaired) electrons. The molecule has 3 heterocycles. The molecule has 2 saturated heterocycles. The lowest BCUT2D eigenvalue weighted by Gasteiger charge is -2.47. The minimum Gasteiger partial charge on any atom is -0.370 e. The summed E-state index contributed by atoms with van der Waals surface area (Å²) >= 11 is 0. The van der Waals surface area contributed by atoms with Gasteiger partial charge in [0, 0.05) is 36.1 Å². The van der Waals surface area contributed by atoms with Crippen LogP contribution < -0.4 is 0 Å². The third kappa shape index (κ3) is 4.25. The number of aromatic nitrogens is 1. The van der Waals surface area contributed by atoms with Crippen LogP contribution in [-0.4, -0.2) is 59.1 Å². The number of carbonyl (C=O) groups is 1.